The minimum Gasteiger partial charge on any atom is -0.504 e. The van der Waals surface area contributed by atoms with Crippen molar-refractivity contribution in [2.75, 3.05) is 7.11 Å². The van der Waals surface area contributed by atoms with Gasteiger partial charge in [-0.25, -0.2) is 0 Å². The van der Waals surface area contributed by atoms with Crippen LogP contribution in [-0.2, 0) is 0 Å². The van der Waals surface area contributed by atoms with Crippen molar-refractivity contribution in [3.05, 3.63) is 17.7 Å². The third-order valence-electron chi connectivity index (χ3n) is 4.18. The predicted octanol–water partition coefficient (Wildman–Crippen LogP) is 3.21. The molecule has 1 heterocycles. The highest BCUT2D eigenvalue weighted by Gasteiger charge is 2.46. The van der Waals surface area contributed by atoms with Crippen LogP contribution >= 0.6 is 0 Å². The SMILES string of the molecule is COc1cc2c(cc1O)[C@H]1CCCC[C@@]1(C)O2. The molecule has 1 aromatic carbocycles. The summed E-state index contributed by atoms with van der Waals surface area (Å²) in [6.07, 6.45) is 4.71. The Balaban J connectivity index is 2.07. The summed E-state index contributed by atoms with van der Waals surface area (Å²) in [5, 5.41) is 9.87. The Bertz CT molecular complexity index is 455. The Morgan fingerprint density at radius 2 is 2.24 bits per heavy atom. The van der Waals surface area contributed by atoms with Crippen LogP contribution < -0.4 is 9.47 Å². The Hall–Kier alpha value is -1.38. The Kier molecular flexibility index (Phi) is 2.25. The first-order valence-electron chi connectivity index (χ1n) is 6.24. The van der Waals surface area contributed by atoms with Crippen LogP contribution in [0, 0.1) is 0 Å². The maximum absolute atomic E-state index is 9.87. The molecule has 1 aromatic rings. The molecule has 2 aliphatic rings. The van der Waals surface area contributed by atoms with Gasteiger partial charge in [-0.3, -0.25) is 0 Å². The molecule has 2 atom stereocenters. The van der Waals surface area contributed by atoms with Crippen molar-refractivity contribution < 1.29 is 14.6 Å². The van der Waals surface area contributed by atoms with Crippen LogP contribution in [0.3, 0.4) is 0 Å². The van der Waals surface area contributed by atoms with Crippen LogP contribution in [0.15, 0.2) is 12.1 Å². The van der Waals surface area contributed by atoms with Crippen LogP contribution in [-0.4, -0.2) is 17.8 Å². The number of phenolic OH excluding ortho intramolecular Hbond substituents is 1. The molecule has 1 N–H and O–H groups in total. The van der Waals surface area contributed by atoms with E-state index in [2.05, 4.69) is 6.92 Å². The molecule has 17 heavy (non-hydrogen) atoms. The molecule has 0 saturated heterocycles. The summed E-state index contributed by atoms with van der Waals surface area (Å²) in [4.78, 5) is 0. The predicted molar refractivity (Wildman–Crippen MR) is 64.9 cm³/mol. The number of fused-ring (bicyclic) bond motifs is 3. The second kappa shape index (κ2) is 3.56. The monoisotopic (exact) mass is 234 g/mol. The molecule has 0 spiro atoms. The molecule has 0 aromatic heterocycles. The number of phenols is 1. The van der Waals surface area contributed by atoms with Crippen molar-refractivity contribution in [2.24, 2.45) is 0 Å². The molecule has 0 amide bonds. The van der Waals surface area contributed by atoms with Crippen molar-refractivity contribution in [1.82, 2.24) is 0 Å². The third-order valence-corrected chi connectivity index (χ3v) is 4.18. The van der Waals surface area contributed by atoms with Crippen LogP contribution in [0.5, 0.6) is 17.2 Å². The minimum atomic E-state index is -0.0839. The number of hydrogen-bond acceptors (Lipinski definition) is 3. The van der Waals surface area contributed by atoms with Gasteiger partial charge in [-0.1, -0.05) is 6.42 Å². The van der Waals surface area contributed by atoms with Gasteiger partial charge in [0.2, 0.25) is 0 Å². The summed E-state index contributed by atoms with van der Waals surface area (Å²) in [6.45, 7) is 2.18. The Morgan fingerprint density at radius 1 is 1.41 bits per heavy atom. The van der Waals surface area contributed by atoms with Crippen molar-refractivity contribution >= 4 is 0 Å². The fourth-order valence-corrected chi connectivity index (χ4v) is 3.25. The fraction of sp³-hybridized carbons (Fsp3) is 0.571. The van der Waals surface area contributed by atoms with E-state index in [4.69, 9.17) is 9.47 Å². The van der Waals surface area contributed by atoms with E-state index in [0.717, 1.165) is 24.2 Å². The molecule has 0 bridgehead atoms. The normalized spacial score (nSPS) is 30.4. The number of rotatable bonds is 1. The molecule has 1 saturated carbocycles. The van der Waals surface area contributed by atoms with Gasteiger partial charge in [0, 0.05) is 17.5 Å². The lowest BCUT2D eigenvalue weighted by atomic mass is 9.75. The number of benzene rings is 1. The number of methoxy groups -OCH3 is 1. The minimum absolute atomic E-state index is 0.0839. The molecule has 3 rings (SSSR count). The third kappa shape index (κ3) is 1.48. The van der Waals surface area contributed by atoms with Crippen molar-refractivity contribution in [2.45, 2.75) is 44.1 Å². The molecule has 0 radical (unpaired) electrons. The van der Waals surface area contributed by atoms with Crippen molar-refractivity contribution in [3.8, 4) is 17.2 Å². The standard InChI is InChI=1S/C14H18O3/c1-14-6-4-3-5-10(14)9-7-11(15)13(16-2)8-12(9)17-14/h7-8,10,15H,3-6H2,1-2H3/t10-,14-/m1/s1. The lowest BCUT2D eigenvalue weighted by molar-refractivity contribution is 0.0547. The molecule has 3 nitrogen and oxygen atoms in total. The second-order valence-corrected chi connectivity index (χ2v) is 5.27. The van der Waals surface area contributed by atoms with E-state index in [1.807, 2.05) is 12.1 Å². The first-order valence-corrected chi connectivity index (χ1v) is 6.24. The van der Waals surface area contributed by atoms with E-state index < -0.39 is 0 Å². The van der Waals surface area contributed by atoms with Gasteiger partial charge in [0.1, 0.15) is 11.4 Å². The lowest BCUT2D eigenvalue weighted by Gasteiger charge is -2.34. The molecule has 92 valence electrons. The first-order chi connectivity index (χ1) is 8.14. The molecule has 1 aliphatic heterocycles. The molecule has 1 fully saturated rings. The highest BCUT2D eigenvalue weighted by atomic mass is 16.5. The smallest absolute Gasteiger partial charge is 0.164 e. The second-order valence-electron chi connectivity index (χ2n) is 5.27. The first kappa shape index (κ1) is 10.8. The largest absolute Gasteiger partial charge is 0.504 e. The van der Waals surface area contributed by atoms with E-state index in [1.54, 1.807) is 7.11 Å². The highest BCUT2D eigenvalue weighted by molar-refractivity contribution is 5.54. The average molecular weight is 234 g/mol. The van der Waals surface area contributed by atoms with Gasteiger partial charge in [0.25, 0.3) is 0 Å². The van der Waals surface area contributed by atoms with Gasteiger partial charge in [-0.15, -0.1) is 0 Å². The number of aromatic hydroxyl groups is 1. The molecule has 3 heteroatoms. The topological polar surface area (TPSA) is 38.7 Å². The van der Waals surface area contributed by atoms with E-state index >= 15 is 0 Å². The maximum atomic E-state index is 9.87. The highest BCUT2D eigenvalue weighted by Crippen LogP contribution is 2.54. The summed E-state index contributed by atoms with van der Waals surface area (Å²) in [5.74, 6) is 2.01. The van der Waals surface area contributed by atoms with E-state index in [0.29, 0.717) is 11.7 Å². The van der Waals surface area contributed by atoms with Crippen molar-refractivity contribution in [3.63, 3.8) is 0 Å². The average Bonchev–Trinajstić information content (AvgIpc) is 2.59. The summed E-state index contributed by atoms with van der Waals surface area (Å²) >= 11 is 0. The Labute approximate surface area is 101 Å². The summed E-state index contributed by atoms with van der Waals surface area (Å²) in [6, 6.07) is 3.63. The van der Waals surface area contributed by atoms with Gasteiger partial charge in [0.15, 0.2) is 11.5 Å². The van der Waals surface area contributed by atoms with Crippen LogP contribution in [0.4, 0.5) is 0 Å². The zero-order valence-corrected chi connectivity index (χ0v) is 10.3. The zero-order chi connectivity index (χ0) is 12.0. The van der Waals surface area contributed by atoms with Crippen LogP contribution in [0.25, 0.3) is 0 Å². The van der Waals surface area contributed by atoms with Gasteiger partial charge in [-0.2, -0.15) is 0 Å². The molecule has 0 unspecified atom stereocenters. The van der Waals surface area contributed by atoms with Gasteiger partial charge in [0.05, 0.1) is 7.11 Å². The van der Waals surface area contributed by atoms with E-state index in [1.165, 1.54) is 12.8 Å². The van der Waals surface area contributed by atoms with Gasteiger partial charge < -0.3 is 14.6 Å². The van der Waals surface area contributed by atoms with Crippen LogP contribution in [0.2, 0.25) is 0 Å². The van der Waals surface area contributed by atoms with Crippen LogP contribution in [0.1, 0.15) is 44.1 Å². The van der Waals surface area contributed by atoms with Gasteiger partial charge >= 0.3 is 0 Å². The van der Waals surface area contributed by atoms with Crippen molar-refractivity contribution in [1.29, 1.82) is 0 Å². The summed E-state index contributed by atoms with van der Waals surface area (Å²) < 4.78 is 11.2. The Morgan fingerprint density at radius 3 is 3.00 bits per heavy atom. The summed E-state index contributed by atoms with van der Waals surface area (Å²) in [7, 11) is 1.56. The number of ether oxygens (including phenoxy) is 2. The van der Waals surface area contributed by atoms with E-state index in [9.17, 15) is 5.11 Å². The molecular weight excluding hydrogens is 216 g/mol. The van der Waals surface area contributed by atoms with Gasteiger partial charge in [-0.05, 0) is 32.3 Å². The number of hydrogen-bond donors (Lipinski definition) is 1. The zero-order valence-electron chi connectivity index (χ0n) is 10.3. The molecular formula is C14H18O3. The fourth-order valence-electron chi connectivity index (χ4n) is 3.25. The molecule has 1 aliphatic carbocycles. The summed E-state index contributed by atoms with van der Waals surface area (Å²) in [5.41, 5.74) is 1.06. The van der Waals surface area contributed by atoms with E-state index in [-0.39, 0.29) is 11.4 Å². The maximum Gasteiger partial charge on any atom is 0.164 e. The quantitative estimate of drug-likeness (QED) is 0.811. The lowest BCUT2D eigenvalue weighted by Crippen LogP contribution is -2.36.